The van der Waals surface area contributed by atoms with Gasteiger partial charge < -0.3 is 0 Å². The number of aryl methyl sites for hydroxylation is 4. The summed E-state index contributed by atoms with van der Waals surface area (Å²) in [6.07, 6.45) is 1.09. The van der Waals surface area contributed by atoms with Gasteiger partial charge in [-0.15, -0.1) is 0 Å². The fourth-order valence-electron chi connectivity index (χ4n) is 2.50. The van der Waals surface area contributed by atoms with E-state index < -0.39 is 0 Å². The molecule has 0 spiro atoms. The predicted molar refractivity (Wildman–Crippen MR) is 80.2 cm³/mol. The molecule has 0 unspecified atom stereocenters. The Hall–Kier alpha value is -1.56. The molecule has 2 aromatic rings. The standard InChI is InChI=1S/C18H22/c1-6-16-8-7-13(3)17(11-16)18-10-12(2)9-14(4)15(18)5/h7-11H,6H2,1-5H3. The van der Waals surface area contributed by atoms with E-state index >= 15 is 0 Å². The smallest absolute Gasteiger partial charge is 0.0147 e. The molecule has 0 heteroatoms. The van der Waals surface area contributed by atoms with Crippen molar-refractivity contribution in [3.05, 3.63) is 58.1 Å². The third-order valence-electron chi connectivity index (χ3n) is 3.81. The molecule has 0 amide bonds. The zero-order chi connectivity index (χ0) is 13.3. The van der Waals surface area contributed by atoms with Gasteiger partial charge in [0.25, 0.3) is 0 Å². The van der Waals surface area contributed by atoms with Crippen LogP contribution in [0.1, 0.15) is 34.7 Å². The molecule has 0 saturated carbocycles. The molecule has 0 nitrogen and oxygen atoms in total. The molecule has 0 aliphatic carbocycles. The third kappa shape index (κ3) is 2.33. The van der Waals surface area contributed by atoms with Gasteiger partial charge in [0.1, 0.15) is 0 Å². The van der Waals surface area contributed by atoms with Crippen LogP contribution in [0.2, 0.25) is 0 Å². The first-order chi connectivity index (χ1) is 8.52. The van der Waals surface area contributed by atoms with Gasteiger partial charge in [-0.2, -0.15) is 0 Å². The highest BCUT2D eigenvalue weighted by atomic mass is 14.1. The lowest BCUT2D eigenvalue weighted by atomic mass is 9.91. The summed E-state index contributed by atoms with van der Waals surface area (Å²) in [5, 5.41) is 0. The van der Waals surface area contributed by atoms with E-state index in [9.17, 15) is 0 Å². The van der Waals surface area contributed by atoms with Crippen LogP contribution in [0.25, 0.3) is 11.1 Å². The summed E-state index contributed by atoms with van der Waals surface area (Å²) in [7, 11) is 0. The van der Waals surface area contributed by atoms with Crippen LogP contribution in [0, 0.1) is 27.7 Å². The SMILES string of the molecule is CCc1ccc(C)c(-c2cc(C)cc(C)c2C)c1. The van der Waals surface area contributed by atoms with Gasteiger partial charge in [0.05, 0.1) is 0 Å². The topological polar surface area (TPSA) is 0 Å². The zero-order valence-electron chi connectivity index (χ0n) is 12.1. The van der Waals surface area contributed by atoms with E-state index in [1.54, 1.807) is 0 Å². The third-order valence-corrected chi connectivity index (χ3v) is 3.81. The average molecular weight is 238 g/mol. The van der Waals surface area contributed by atoms with Gasteiger partial charge >= 0.3 is 0 Å². The van der Waals surface area contributed by atoms with Gasteiger partial charge in [-0.05, 0) is 67.5 Å². The van der Waals surface area contributed by atoms with Crippen LogP contribution < -0.4 is 0 Å². The summed E-state index contributed by atoms with van der Waals surface area (Å²) in [4.78, 5) is 0. The maximum Gasteiger partial charge on any atom is -0.0147 e. The second-order valence-electron chi connectivity index (χ2n) is 5.26. The van der Waals surface area contributed by atoms with Crippen LogP contribution in [-0.2, 0) is 6.42 Å². The van der Waals surface area contributed by atoms with Crippen molar-refractivity contribution in [3.63, 3.8) is 0 Å². The highest BCUT2D eigenvalue weighted by molar-refractivity contribution is 5.72. The van der Waals surface area contributed by atoms with Gasteiger partial charge in [0, 0.05) is 0 Å². The first-order valence-electron chi connectivity index (χ1n) is 6.70. The maximum absolute atomic E-state index is 2.34. The molecule has 18 heavy (non-hydrogen) atoms. The van der Waals surface area contributed by atoms with Crippen molar-refractivity contribution in [2.45, 2.75) is 41.0 Å². The quantitative estimate of drug-likeness (QED) is 0.678. The summed E-state index contributed by atoms with van der Waals surface area (Å²) < 4.78 is 0. The van der Waals surface area contributed by atoms with Gasteiger partial charge in [0.15, 0.2) is 0 Å². The molecule has 0 aliphatic heterocycles. The Morgan fingerprint density at radius 1 is 0.778 bits per heavy atom. The lowest BCUT2D eigenvalue weighted by Crippen LogP contribution is -1.93. The first-order valence-corrected chi connectivity index (χ1v) is 6.70. The first kappa shape index (κ1) is 12.9. The van der Waals surface area contributed by atoms with Crippen LogP contribution in [-0.4, -0.2) is 0 Å². The second kappa shape index (κ2) is 4.97. The second-order valence-corrected chi connectivity index (χ2v) is 5.26. The van der Waals surface area contributed by atoms with E-state index in [2.05, 4.69) is 65.0 Å². The summed E-state index contributed by atoms with van der Waals surface area (Å²) in [6.45, 7) is 11.0. The molecule has 0 fully saturated rings. The Morgan fingerprint density at radius 2 is 1.50 bits per heavy atom. The molecule has 0 atom stereocenters. The van der Waals surface area contributed by atoms with Gasteiger partial charge in [-0.25, -0.2) is 0 Å². The lowest BCUT2D eigenvalue weighted by molar-refractivity contribution is 1.13. The number of hydrogen-bond donors (Lipinski definition) is 0. The summed E-state index contributed by atoms with van der Waals surface area (Å²) >= 11 is 0. The van der Waals surface area contributed by atoms with Crippen LogP contribution in [0.15, 0.2) is 30.3 Å². The minimum atomic E-state index is 1.09. The minimum Gasteiger partial charge on any atom is -0.0613 e. The van der Waals surface area contributed by atoms with E-state index in [4.69, 9.17) is 0 Å². The van der Waals surface area contributed by atoms with Crippen molar-refractivity contribution in [2.75, 3.05) is 0 Å². The Bertz CT molecular complexity index is 577. The molecule has 0 aliphatic rings. The molecular weight excluding hydrogens is 216 g/mol. The van der Waals surface area contributed by atoms with Crippen molar-refractivity contribution in [1.82, 2.24) is 0 Å². The van der Waals surface area contributed by atoms with Crippen molar-refractivity contribution in [3.8, 4) is 11.1 Å². The lowest BCUT2D eigenvalue weighted by Gasteiger charge is -2.14. The van der Waals surface area contributed by atoms with Gasteiger partial charge in [0.2, 0.25) is 0 Å². The van der Waals surface area contributed by atoms with Crippen LogP contribution in [0.4, 0.5) is 0 Å². The minimum absolute atomic E-state index is 1.09. The Labute approximate surface area is 111 Å². The fraction of sp³-hybridized carbons (Fsp3) is 0.333. The fourth-order valence-corrected chi connectivity index (χ4v) is 2.50. The maximum atomic E-state index is 2.34. The summed E-state index contributed by atoms with van der Waals surface area (Å²) in [6, 6.07) is 11.4. The van der Waals surface area contributed by atoms with Crippen LogP contribution in [0.3, 0.4) is 0 Å². The van der Waals surface area contributed by atoms with Crippen molar-refractivity contribution in [1.29, 1.82) is 0 Å². The number of hydrogen-bond acceptors (Lipinski definition) is 0. The zero-order valence-corrected chi connectivity index (χ0v) is 12.1. The number of rotatable bonds is 2. The molecule has 0 bridgehead atoms. The van der Waals surface area contributed by atoms with E-state index in [1.807, 2.05) is 0 Å². The summed E-state index contributed by atoms with van der Waals surface area (Å²) in [5.41, 5.74) is 9.67. The Balaban J connectivity index is 2.68. The highest BCUT2D eigenvalue weighted by Gasteiger charge is 2.08. The summed E-state index contributed by atoms with van der Waals surface area (Å²) in [5.74, 6) is 0. The van der Waals surface area contributed by atoms with E-state index in [-0.39, 0.29) is 0 Å². The molecule has 94 valence electrons. The molecule has 2 aromatic carbocycles. The van der Waals surface area contributed by atoms with E-state index in [0.29, 0.717) is 0 Å². The predicted octanol–water partition coefficient (Wildman–Crippen LogP) is 5.15. The molecule has 0 saturated heterocycles. The van der Waals surface area contributed by atoms with Gasteiger partial charge in [-0.3, -0.25) is 0 Å². The molecular formula is C18H22. The van der Waals surface area contributed by atoms with Gasteiger partial charge in [-0.1, -0.05) is 42.8 Å². The van der Waals surface area contributed by atoms with Crippen molar-refractivity contribution >= 4 is 0 Å². The molecule has 0 N–H and O–H groups in total. The highest BCUT2D eigenvalue weighted by Crippen LogP contribution is 2.30. The monoisotopic (exact) mass is 238 g/mol. The molecule has 0 radical (unpaired) electrons. The van der Waals surface area contributed by atoms with Crippen molar-refractivity contribution in [2.24, 2.45) is 0 Å². The Morgan fingerprint density at radius 3 is 2.17 bits per heavy atom. The van der Waals surface area contributed by atoms with Crippen LogP contribution in [0.5, 0.6) is 0 Å². The average Bonchev–Trinajstić information content (AvgIpc) is 2.34. The van der Waals surface area contributed by atoms with E-state index in [0.717, 1.165) is 6.42 Å². The number of benzene rings is 2. The largest absolute Gasteiger partial charge is 0.0613 e. The molecule has 0 heterocycles. The van der Waals surface area contributed by atoms with E-state index in [1.165, 1.54) is 38.9 Å². The normalized spacial score (nSPS) is 10.7. The molecule has 0 aromatic heterocycles. The Kier molecular flexibility index (Phi) is 3.56. The van der Waals surface area contributed by atoms with Crippen molar-refractivity contribution < 1.29 is 0 Å². The molecule has 2 rings (SSSR count). The van der Waals surface area contributed by atoms with Crippen LogP contribution >= 0.6 is 0 Å².